The van der Waals surface area contributed by atoms with Gasteiger partial charge in [0.15, 0.2) is 0 Å². The Kier molecular flexibility index (Phi) is 6.36. The normalized spacial score (nSPS) is 12.2. The summed E-state index contributed by atoms with van der Waals surface area (Å²) in [5, 5.41) is 22.6. The molecule has 1 atom stereocenters. The minimum Gasteiger partial charge on any atom is -0.481 e. The summed E-state index contributed by atoms with van der Waals surface area (Å²) in [6, 6.07) is 1.21. The van der Waals surface area contributed by atoms with Crippen molar-refractivity contribution in [3.05, 3.63) is 27.4 Å². The monoisotopic (exact) mass is 315 g/mol. The molecular formula is C13H18ClN3O4. The lowest BCUT2D eigenvalue weighted by molar-refractivity contribution is -0.385. The fourth-order valence-corrected chi connectivity index (χ4v) is 2.28. The summed E-state index contributed by atoms with van der Waals surface area (Å²) >= 11 is 5.92. The predicted molar refractivity (Wildman–Crippen MR) is 79.6 cm³/mol. The average molecular weight is 316 g/mol. The number of nitrogens with zero attached hydrogens (tertiary/aromatic N) is 2. The van der Waals surface area contributed by atoms with E-state index in [4.69, 9.17) is 16.7 Å². The Morgan fingerprint density at radius 3 is 2.71 bits per heavy atom. The number of aliphatic carboxylic acids is 1. The van der Waals surface area contributed by atoms with Crippen molar-refractivity contribution in [3.63, 3.8) is 0 Å². The van der Waals surface area contributed by atoms with E-state index in [0.29, 0.717) is 18.3 Å². The Hall–Kier alpha value is -1.89. The van der Waals surface area contributed by atoms with Crippen LogP contribution in [0.1, 0.15) is 26.7 Å². The number of aromatic nitrogens is 1. The van der Waals surface area contributed by atoms with Crippen LogP contribution in [0.2, 0.25) is 5.02 Å². The van der Waals surface area contributed by atoms with Gasteiger partial charge in [-0.3, -0.25) is 14.9 Å². The van der Waals surface area contributed by atoms with Crippen LogP contribution in [0.25, 0.3) is 0 Å². The number of carbonyl (C=O) groups is 1. The molecule has 0 aliphatic carbocycles. The molecule has 0 aliphatic rings. The van der Waals surface area contributed by atoms with E-state index in [2.05, 4.69) is 10.3 Å². The summed E-state index contributed by atoms with van der Waals surface area (Å²) in [7, 11) is 0. The molecule has 2 N–H and O–H groups in total. The molecule has 116 valence electrons. The zero-order chi connectivity index (χ0) is 16.0. The number of nitro groups is 1. The first kappa shape index (κ1) is 17.2. The maximum Gasteiger partial charge on any atom is 0.303 e. The van der Waals surface area contributed by atoms with E-state index in [1.165, 1.54) is 6.07 Å². The van der Waals surface area contributed by atoms with E-state index in [1.54, 1.807) is 0 Å². The smallest absolute Gasteiger partial charge is 0.303 e. The lowest BCUT2D eigenvalue weighted by atomic mass is 9.94. The Morgan fingerprint density at radius 2 is 2.24 bits per heavy atom. The summed E-state index contributed by atoms with van der Waals surface area (Å²) in [6.45, 7) is 4.44. The molecule has 0 radical (unpaired) electrons. The van der Waals surface area contributed by atoms with Gasteiger partial charge in [0.2, 0.25) is 0 Å². The van der Waals surface area contributed by atoms with Gasteiger partial charge in [-0.2, -0.15) is 0 Å². The number of halogens is 1. The molecule has 1 rings (SSSR count). The number of hydrogen-bond donors (Lipinski definition) is 2. The highest BCUT2D eigenvalue weighted by molar-refractivity contribution is 6.33. The van der Waals surface area contributed by atoms with Crippen molar-refractivity contribution < 1.29 is 14.8 Å². The van der Waals surface area contributed by atoms with Crippen LogP contribution >= 0.6 is 11.6 Å². The van der Waals surface area contributed by atoms with Crippen molar-refractivity contribution in [1.29, 1.82) is 0 Å². The summed E-state index contributed by atoms with van der Waals surface area (Å²) in [6.07, 6.45) is 1.92. The third kappa shape index (κ3) is 5.95. The number of carboxylic acids is 1. The second kappa shape index (κ2) is 7.78. The molecule has 0 amide bonds. The van der Waals surface area contributed by atoms with Crippen LogP contribution in [0, 0.1) is 22.0 Å². The standard InChI is InChI=1S/C13H18ClN3O4/c1-8(2)3-9(4-12(18)19)6-15-13-11(14)5-10(7-16-13)17(20)21/h5,7-9H,3-4,6H2,1-2H3,(H,15,16)(H,18,19). The molecular weight excluding hydrogens is 298 g/mol. The SMILES string of the molecule is CC(C)CC(CNc1ncc([N+](=O)[O-])cc1Cl)CC(=O)O. The molecule has 0 bridgehead atoms. The highest BCUT2D eigenvalue weighted by Gasteiger charge is 2.17. The third-order valence-electron chi connectivity index (χ3n) is 2.86. The van der Waals surface area contributed by atoms with Crippen LogP contribution in [-0.2, 0) is 4.79 Å². The van der Waals surface area contributed by atoms with Gasteiger partial charge in [-0.15, -0.1) is 0 Å². The van der Waals surface area contributed by atoms with Gasteiger partial charge >= 0.3 is 5.97 Å². The van der Waals surface area contributed by atoms with Gasteiger partial charge in [0.1, 0.15) is 12.0 Å². The number of hydrogen-bond acceptors (Lipinski definition) is 5. The number of pyridine rings is 1. The molecule has 0 fully saturated rings. The Morgan fingerprint density at radius 1 is 1.57 bits per heavy atom. The zero-order valence-electron chi connectivity index (χ0n) is 11.9. The van der Waals surface area contributed by atoms with Crippen molar-refractivity contribution in [1.82, 2.24) is 4.98 Å². The van der Waals surface area contributed by atoms with Gasteiger partial charge in [0.05, 0.1) is 9.95 Å². The van der Waals surface area contributed by atoms with Crippen LogP contribution in [-0.4, -0.2) is 27.5 Å². The van der Waals surface area contributed by atoms with Gasteiger partial charge in [0, 0.05) is 19.0 Å². The second-order valence-corrected chi connectivity index (χ2v) is 5.66. The molecule has 21 heavy (non-hydrogen) atoms. The number of anilines is 1. The Bertz CT molecular complexity index is 522. The molecule has 8 heteroatoms. The van der Waals surface area contributed by atoms with E-state index in [1.807, 2.05) is 13.8 Å². The predicted octanol–water partition coefficient (Wildman–Crippen LogP) is 3.19. The fourth-order valence-electron chi connectivity index (χ4n) is 2.05. The zero-order valence-corrected chi connectivity index (χ0v) is 12.6. The van der Waals surface area contributed by atoms with E-state index < -0.39 is 10.9 Å². The Labute approximate surface area is 127 Å². The van der Waals surface area contributed by atoms with Gasteiger partial charge in [-0.1, -0.05) is 25.4 Å². The quantitative estimate of drug-likeness (QED) is 0.563. The number of carboxylic acid groups (broad SMARTS) is 1. The topological polar surface area (TPSA) is 105 Å². The molecule has 0 saturated heterocycles. The van der Waals surface area contributed by atoms with Crippen molar-refractivity contribution in [2.24, 2.45) is 11.8 Å². The lowest BCUT2D eigenvalue weighted by Crippen LogP contribution is -2.20. The van der Waals surface area contributed by atoms with E-state index in [9.17, 15) is 14.9 Å². The van der Waals surface area contributed by atoms with Crippen molar-refractivity contribution in [3.8, 4) is 0 Å². The van der Waals surface area contributed by atoms with Crippen LogP contribution in [0.3, 0.4) is 0 Å². The van der Waals surface area contributed by atoms with Gasteiger partial charge in [0.25, 0.3) is 5.69 Å². The summed E-state index contributed by atoms with van der Waals surface area (Å²) in [4.78, 5) is 24.8. The first-order chi connectivity index (χ1) is 9.79. The summed E-state index contributed by atoms with van der Waals surface area (Å²) in [5.74, 6) is -0.224. The molecule has 7 nitrogen and oxygen atoms in total. The number of rotatable bonds is 8. The van der Waals surface area contributed by atoms with Gasteiger partial charge in [-0.05, 0) is 18.3 Å². The average Bonchev–Trinajstić information content (AvgIpc) is 2.35. The minimum absolute atomic E-state index is 0.0514. The van der Waals surface area contributed by atoms with Crippen molar-refractivity contribution >= 4 is 29.1 Å². The fraction of sp³-hybridized carbons (Fsp3) is 0.538. The highest BCUT2D eigenvalue weighted by Crippen LogP contribution is 2.25. The molecule has 1 heterocycles. The maximum absolute atomic E-state index is 10.8. The molecule has 1 aromatic rings. The molecule has 1 unspecified atom stereocenters. The van der Waals surface area contributed by atoms with Gasteiger partial charge < -0.3 is 10.4 Å². The van der Waals surface area contributed by atoms with Crippen LogP contribution in [0.15, 0.2) is 12.3 Å². The molecule has 0 saturated carbocycles. The minimum atomic E-state index is -0.856. The lowest BCUT2D eigenvalue weighted by Gasteiger charge is -2.18. The van der Waals surface area contributed by atoms with E-state index in [0.717, 1.165) is 12.6 Å². The van der Waals surface area contributed by atoms with Crippen molar-refractivity contribution in [2.45, 2.75) is 26.7 Å². The highest BCUT2D eigenvalue weighted by atomic mass is 35.5. The number of nitrogens with one attached hydrogen (secondary N) is 1. The Balaban J connectivity index is 2.70. The molecule has 0 aliphatic heterocycles. The maximum atomic E-state index is 10.8. The molecule has 0 aromatic carbocycles. The van der Waals surface area contributed by atoms with E-state index in [-0.39, 0.29) is 23.0 Å². The summed E-state index contributed by atoms with van der Waals surface area (Å²) in [5.41, 5.74) is -0.185. The van der Waals surface area contributed by atoms with Crippen LogP contribution < -0.4 is 5.32 Å². The largest absolute Gasteiger partial charge is 0.481 e. The molecule has 1 aromatic heterocycles. The first-order valence-corrected chi connectivity index (χ1v) is 6.93. The van der Waals surface area contributed by atoms with Crippen LogP contribution in [0.5, 0.6) is 0 Å². The van der Waals surface area contributed by atoms with Crippen LogP contribution in [0.4, 0.5) is 11.5 Å². The van der Waals surface area contributed by atoms with E-state index >= 15 is 0 Å². The third-order valence-corrected chi connectivity index (χ3v) is 3.15. The second-order valence-electron chi connectivity index (χ2n) is 5.26. The molecule has 0 spiro atoms. The van der Waals surface area contributed by atoms with Gasteiger partial charge in [-0.25, -0.2) is 4.98 Å². The van der Waals surface area contributed by atoms with Crippen molar-refractivity contribution in [2.75, 3.05) is 11.9 Å². The summed E-state index contributed by atoms with van der Waals surface area (Å²) < 4.78 is 0. The first-order valence-electron chi connectivity index (χ1n) is 6.55.